The van der Waals surface area contributed by atoms with Gasteiger partial charge in [0.15, 0.2) is 0 Å². The number of rotatable bonds is 0. The Morgan fingerprint density at radius 3 is 2.62 bits per heavy atom. The van der Waals surface area contributed by atoms with Crippen molar-refractivity contribution in [1.82, 2.24) is 5.32 Å². The predicted molar refractivity (Wildman–Crippen MR) is 68.7 cm³/mol. The van der Waals surface area contributed by atoms with Crippen LogP contribution in [0.5, 0.6) is 0 Å². The molecule has 2 heterocycles. The second kappa shape index (κ2) is 3.80. The highest BCUT2D eigenvalue weighted by Gasteiger charge is 2.41. The van der Waals surface area contributed by atoms with Crippen LogP contribution in [-0.4, -0.2) is 19.6 Å². The molecule has 3 rings (SSSR count). The van der Waals surface area contributed by atoms with Gasteiger partial charge in [-0.25, -0.2) is 0 Å². The quantitative estimate of drug-likeness (QED) is 0.746. The molecule has 0 aliphatic carbocycles. The molecule has 2 aliphatic rings. The van der Waals surface area contributed by atoms with Crippen molar-refractivity contribution in [2.45, 2.75) is 18.3 Å². The van der Waals surface area contributed by atoms with Gasteiger partial charge in [-0.3, -0.25) is 0 Å². The van der Waals surface area contributed by atoms with E-state index >= 15 is 0 Å². The van der Waals surface area contributed by atoms with Crippen molar-refractivity contribution in [3.05, 3.63) is 27.7 Å². The molecule has 1 spiro atoms. The van der Waals surface area contributed by atoms with E-state index < -0.39 is 0 Å². The molecule has 86 valence electrons. The van der Waals surface area contributed by atoms with E-state index in [4.69, 9.17) is 23.2 Å². The van der Waals surface area contributed by atoms with E-state index in [1.54, 1.807) is 0 Å². The highest BCUT2D eigenvalue weighted by molar-refractivity contribution is 6.35. The number of benzene rings is 1. The molecule has 1 aromatic carbocycles. The van der Waals surface area contributed by atoms with Crippen molar-refractivity contribution in [3.63, 3.8) is 0 Å². The second-order valence-corrected chi connectivity index (χ2v) is 5.54. The Balaban J connectivity index is 2.10. The number of anilines is 1. The molecule has 4 heteroatoms. The van der Waals surface area contributed by atoms with Crippen LogP contribution in [0.1, 0.15) is 18.4 Å². The average molecular weight is 257 g/mol. The summed E-state index contributed by atoms with van der Waals surface area (Å²) in [5, 5.41) is 8.37. The van der Waals surface area contributed by atoms with Gasteiger partial charge in [-0.1, -0.05) is 23.2 Å². The van der Waals surface area contributed by atoms with Crippen LogP contribution in [0.15, 0.2) is 12.1 Å². The molecule has 2 nitrogen and oxygen atoms in total. The Labute approximate surface area is 105 Å². The molecule has 1 fully saturated rings. The zero-order valence-electron chi connectivity index (χ0n) is 8.95. The Hall–Kier alpha value is -0.440. The average Bonchev–Trinajstić information content (AvgIpc) is 2.58. The van der Waals surface area contributed by atoms with Gasteiger partial charge >= 0.3 is 0 Å². The molecule has 1 aromatic rings. The highest BCUT2D eigenvalue weighted by atomic mass is 35.5. The van der Waals surface area contributed by atoms with Crippen LogP contribution < -0.4 is 10.6 Å². The fraction of sp³-hybridized carbons (Fsp3) is 0.500. The standard InChI is InChI=1S/C12H14Cl2N2/c13-8-5-9(14)11-10(6-8)16-7-12(11)1-3-15-4-2-12/h5-6,15-16H,1-4,7H2. The van der Waals surface area contributed by atoms with Gasteiger partial charge in [0.2, 0.25) is 0 Å². The summed E-state index contributed by atoms with van der Waals surface area (Å²) in [5.74, 6) is 0. The van der Waals surface area contributed by atoms with Crippen LogP contribution >= 0.6 is 23.2 Å². The predicted octanol–water partition coefficient (Wildman–Crippen LogP) is 3.04. The first-order valence-electron chi connectivity index (χ1n) is 5.65. The molecule has 0 radical (unpaired) electrons. The first kappa shape index (κ1) is 10.7. The van der Waals surface area contributed by atoms with Crippen molar-refractivity contribution in [2.75, 3.05) is 25.0 Å². The van der Waals surface area contributed by atoms with Crippen LogP contribution in [-0.2, 0) is 5.41 Å². The third-order valence-electron chi connectivity index (χ3n) is 3.76. The summed E-state index contributed by atoms with van der Waals surface area (Å²) in [6.07, 6.45) is 2.29. The normalized spacial score (nSPS) is 21.9. The fourth-order valence-electron chi connectivity index (χ4n) is 2.94. The Morgan fingerprint density at radius 2 is 1.88 bits per heavy atom. The summed E-state index contributed by atoms with van der Waals surface area (Å²) in [7, 11) is 0. The van der Waals surface area contributed by atoms with Gasteiger partial charge in [0.05, 0.1) is 0 Å². The maximum absolute atomic E-state index is 6.35. The van der Waals surface area contributed by atoms with Gasteiger partial charge in [0.25, 0.3) is 0 Å². The number of hydrogen-bond donors (Lipinski definition) is 2. The van der Waals surface area contributed by atoms with E-state index in [1.807, 2.05) is 12.1 Å². The van der Waals surface area contributed by atoms with Crippen molar-refractivity contribution >= 4 is 28.9 Å². The number of fused-ring (bicyclic) bond motifs is 2. The SMILES string of the molecule is Clc1cc(Cl)c2c(c1)NCC21CCNCC1. The molecule has 0 bridgehead atoms. The summed E-state index contributed by atoms with van der Waals surface area (Å²) in [6, 6.07) is 3.85. The van der Waals surface area contributed by atoms with Gasteiger partial charge in [0.1, 0.15) is 0 Å². The van der Waals surface area contributed by atoms with Gasteiger partial charge < -0.3 is 10.6 Å². The first-order valence-corrected chi connectivity index (χ1v) is 6.41. The largest absolute Gasteiger partial charge is 0.384 e. The molecule has 16 heavy (non-hydrogen) atoms. The Kier molecular flexibility index (Phi) is 2.54. The minimum atomic E-state index is 0.224. The summed E-state index contributed by atoms with van der Waals surface area (Å²) >= 11 is 12.4. The molecule has 0 amide bonds. The lowest BCUT2D eigenvalue weighted by molar-refractivity contribution is 0.335. The van der Waals surface area contributed by atoms with Crippen molar-refractivity contribution < 1.29 is 0 Å². The molecule has 1 saturated heterocycles. The lowest BCUT2D eigenvalue weighted by atomic mass is 9.75. The number of nitrogens with one attached hydrogen (secondary N) is 2. The number of hydrogen-bond acceptors (Lipinski definition) is 2. The van der Waals surface area contributed by atoms with Crippen LogP contribution in [0, 0.1) is 0 Å². The summed E-state index contributed by atoms with van der Waals surface area (Å²) in [6.45, 7) is 3.13. The lowest BCUT2D eigenvalue weighted by Gasteiger charge is -2.34. The van der Waals surface area contributed by atoms with E-state index in [-0.39, 0.29) is 5.41 Å². The molecular formula is C12H14Cl2N2. The van der Waals surface area contributed by atoms with Crippen LogP contribution in [0.4, 0.5) is 5.69 Å². The van der Waals surface area contributed by atoms with E-state index in [0.29, 0.717) is 5.02 Å². The molecule has 0 atom stereocenters. The van der Waals surface area contributed by atoms with Crippen molar-refractivity contribution in [3.8, 4) is 0 Å². The fourth-order valence-corrected chi connectivity index (χ4v) is 3.63. The third-order valence-corrected chi connectivity index (χ3v) is 4.28. The monoisotopic (exact) mass is 256 g/mol. The van der Waals surface area contributed by atoms with Gasteiger partial charge in [-0.2, -0.15) is 0 Å². The summed E-state index contributed by atoms with van der Waals surface area (Å²) in [4.78, 5) is 0. The second-order valence-electron chi connectivity index (χ2n) is 4.69. The van der Waals surface area contributed by atoms with Gasteiger partial charge in [0, 0.05) is 33.3 Å². The Bertz CT molecular complexity index is 425. The van der Waals surface area contributed by atoms with E-state index in [1.165, 1.54) is 5.56 Å². The molecule has 2 N–H and O–H groups in total. The van der Waals surface area contributed by atoms with Crippen LogP contribution in [0.2, 0.25) is 10.0 Å². The number of halogens is 2. The van der Waals surface area contributed by atoms with E-state index in [9.17, 15) is 0 Å². The van der Waals surface area contributed by atoms with Crippen LogP contribution in [0.25, 0.3) is 0 Å². The van der Waals surface area contributed by atoms with Crippen molar-refractivity contribution in [1.29, 1.82) is 0 Å². The molecule has 0 unspecified atom stereocenters. The molecule has 2 aliphatic heterocycles. The summed E-state index contributed by atoms with van der Waals surface area (Å²) in [5.41, 5.74) is 2.63. The van der Waals surface area contributed by atoms with Crippen LogP contribution in [0.3, 0.4) is 0 Å². The minimum absolute atomic E-state index is 0.224. The van der Waals surface area contributed by atoms with E-state index in [0.717, 1.165) is 43.2 Å². The maximum atomic E-state index is 6.35. The van der Waals surface area contributed by atoms with Crippen molar-refractivity contribution in [2.24, 2.45) is 0 Å². The van der Waals surface area contributed by atoms with E-state index in [2.05, 4.69) is 10.6 Å². The first-order chi connectivity index (χ1) is 7.71. The number of piperidine rings is 1. The Morgan fingerprint density at radius 1 is 1.12 bits per heavy atom. The lowest BCUT2D eigenvalue weighted by Crippen LogP contribution is -2.41. The topological polar surface area (TPSA) is 24.1 Å². The minimum Gasteiger partial charge on any atom is -0.384 e. The third kappa shape index (κ3) is 1.52. The highest BCUT2D eigenvalue weighted by Crippen LogP contribution is 2.47. The smallest absolute Gasteiger partial charge is 0.0479 e. The maximum Gasteiger partial charge on any atom is 0.0479 e. The van der Waals surface area contributed by atoms with Gasteiger partial charge in [-0.05, 0) is 38.1 Å². The zero-order chi connectivity index (χ0) is 11.2. The van der Waals surface area contributed by atoms with Gasteiger partial charge in [-0.15, -0.1) is 0 Å². The molecular weight excluding hydrogens is 243 g/mol. The zero-order valence-corrected chi connectivity index (χ0v) is 10.5. The molecule has 0 saturated carbocycles. The molecule has 0 aromatic heterocycles. The summed E-state index contributed by atoms with van der Waals surface area (Å²) < 4.78 is 0.